The summed E-state index contributed by atoms with van der Waals surface area (Å²) in [6, 6.07) is 16.2. The van der Waals surface area contributed by atoms with E-state index in [9.17, 15) is 18.3 Å². The molecule has 4 rings (SSSR count). The summed E-state index contributed by atoms with van der Waals surface area (Å²) in [4.78, 5) is 14.5. The molecule has 2 aromatic rings. The van der Waals surface area contributed by atoms with E-state index in [2.05, 4.69) is 18.8 Å². The second-order valence-electron chi connectivity index (χ2n) is 8.35. The summed E-state index contributed by atoms with van der Waals surface area (Å²) >= 11 is 0. The van der Waals surface area contributed by atoms with E-state index in [1.165, 1.54) is 4.31 Å². The van der Waals surface area contributed by atoms with Crippen LogP contribution in [0.25, 0.3) is 0 Å². The fourth-order valence-electron chi connectivity index (χ4n) is 4.64. The Balaban J connectivity index is 1.53. The number of hydrogen-bond donors (Lipinski definition) is 1. The minimum atomic E-state index is -3.64. The van der Waals surface area contributed by atoms with Crippen LogP contribution in [0.15, 0.2) is 54.6 Å². The first-order valence-electron chi connectivity index (χ1n) is 11.0. The Morgan fingerprint density at radius 3 is 2.47 bits per heavy atom. The van der Waals surface area contributed by atoms with Crippen LogP contribution in [0.4, 0.5) is 0 Å². The number of hydrogen-bond acceptors (Lipinski definition) is 4. The Kier molecular flexibility index (Phi) is 6.66. The highest BCUT2D eigenvalue weighted by Crippen LogP contribution is 2.43. The summed E-state index contributed by atoms with van der Waals surface area (Å²) in [5.74, 6) is 5.76. The highest BCUT2D eigenvalue weighted by molar-refractivity contribution is 7.88. The van der Waals surface area contributed by atoms with Gasteiger partial charge in [-0.25, -0.2) is 8.42 Å². The first kappa shape index (κ1) is 22.5. The summed E-state index contributed by atoms with van der Waals surface area (Å²) in [5, 5.41) is 9.94. The van der Waals surface area contributed by atoms with Crippen molar-refractivity contribution in [3.8, 4) is 11.8 Å². The van der Waals surface area contributed by atoms with E-state index >= 15 is 0 Å². The molecule has 2 aromatic carbocycles. The van der Waals surface area contributed by atoms with Crippen molar-refractivity contribution in [2.24, 2.45) is 0 Å². The van der Waals surface area contributed by atoms with Crippen molar-refractivity contribution < 1.29 is 18.3 Å². The van der Waals surface area contributed by atoms with Crippen molar-refractivity contribution in [3.63, 3.8) is 0 Å². The molecular weight excluding hydrogens is 424 g/mol. The molecule has 3 atom stereocenters. The van der Waals surface area contributed by atoms with Crippen LogP contribution in [0.2, 0.25) is 0 Å². The van der Waals surface area contributed by atoms with Gasteiger partial charge in [0.1, 0.15) is 0 Å². The van der Waals surface area contributed by atoms with Crippen molar-refractivity contribution in [2.45, 2.75) is 43.5 Å². The average molecular weight is 453 g/mol. The van der Waals surface area contributed by atoms with E-state index in [1.54, 1.807) is 29.2 Å². The van der Waals surface area contributed by atoms with Crippen LogP contribution in [-0.4, -0.2) is 60.4 Å². The second-order valence-corrected chi connectivity index (χ2v) is 10.3. The van der Waals surface area contributed by atoms with Crippen LogP contribution >= 0.6 is 0 Å². The molecule has 32 heavy (non-hydrogen) atoms. The third kappa shape index (κ3) is 4.44. The number of fused-ring (bicyclic) bond motifs is 1. The van der Waals surface area contributed by atoms with Gasteiger partial charge in [-0.2, -0.15) is 4.31 Å². The molecule has 1 amide bonds. The predicted octanol–water partition coefficient (Wildman–Crippen LogP) is 2.34. The molecule has 168 valence electrons. The lowest BCUT2D eigenvalue weighted by Crippen LogP contribution is -2.73. The third-order valence-corrected chi connectivity index (χ3v) is 7.97. The van der Waals surface area contributed by atoms with Crippen LogP contribution in [0.5, 0.6) is 0 Å². The van der Waals surface area contributed by atoms with Crippen molar-refractivity contribution in [3.05, 3.63) is 71.3 Å². The Labute approximate surface area is 189 Å². The van der Waals surface area contributed by atoms with Gasteiger partial charge in [-0.3, -0.25) is 4.79 Å². The summed E-state index contributed by atoms with van der Waals surface area (Å²) in [6.45, 7) is 1.99. The van der Waals surface area contributed by atoms with Gasteiger partial charge in [-0.1, -0.05) is 61.2 Å². The monoisotopic (exact) mass is 452 g/mol. The average Bonchev–Trinajstić information content (AvgIpc) is 2.76. The molecule has 0 aromatic heterocycles. The molecule has 6 nitrogen and oxygen atoms in total. The highest BCUT2D eigenvalue weighted by Gasteiger charge is 2.55. The minimum Gasteiger partial charge on any atom is -0.394 e. The molecule has 0 bridgehead atoms. The fourth-order valence-corrected chi connectivity index (χ4v) is 6.12. The summed E-state index contributed by atoms with van der Waals surface area (Å²) in [5.41, 5.74) is 2.60. The number of benzene rings is 2. The molecule has 0 aliphatic carbocycles. The topological polar surface area (TPSA) is 77.9 Å². The number of piperazine rings is 1. The number of carbonyl (C=O) groups excluding carboxylic acids is 1. The van der Waals surface area contributed by atoms with Crippen LogP contribution in [0.3, 0.4) is 0 Å². The quantitative estimate of drug-likeness (QED) is 0.683. The van der Waals surface area contributed by atoms with Gasteiger partial charge < -0.3 is 10.0 Å². The van der Waals surface area contributed by atoms with Gasteiger partial charge in [0.05, 0.1) is 31.0 Å². The molecule has 2 aliphatic heterocycles. The van der Waals surface area contributed by atoms with E-state index in [1.807, 2.05) is 30.3 Å². The van der Waals surface area contributed by atoms with Gasteiger partial charge in [0, 0.05) is 24.4 Å². The SMILES string of the molecule is CCCC#Cc1ccc([C@H]2[C@@H](CO)N3C(=O)CN(S(=O)(=O)Cc4ccccc4)C[C@@H]23)cc1. The van der Waals surface area contributed by atoms with Gasteiger partial charge >= 0.3 is 0 Å². The maximum atomic E-state index is 13.0. The third-order valence-electron chi connectivity index (χ3n) is 6.21. The Hall–Kier alpha value is -2.66. The van der Waals surface area contributed by atoms with Crippen molar-refractivity contribution in [2.75, 3.05) is 19.7 Å². The van der Waals surface area contributed by atoms with E-state index in [4.69, 9.17) is 0 Å². The van der Waals surface area contributed by atoms with Gasteiger partial charge in [0.2, 0.25) is 15.9 Å². The Morgan fingerprint density at radius 2 is 1.81 bits per heavy atom. The minimum absolute atomic E-state index is 0.115. The summed E-state index contributed by atoms with van der Waals surface area (Å²) < 4.78 is 27.4. The molecule has 0 radical (unpaired) electrons. The van der Waals surface area contributed by atoms with Crippen LogP contribution < -0.4 is 0 Å². The Bertz CT molecular complexity index is 1120. The van der Waals surface area contributed by atoms with Crippen molar-refractivity contribution in [1.29, 1.82) is 0 Å². The first-order chi connectivity index (χ1) is 15.4. The zero-order valence-electron chi connectivity index (χ0n) is 18.1. The zero-order chi connectivity index (χ0) is 22.7. The number of sulfonamides is 1. The normalized spacial score (nSPS) is 23.1. The molecule has 0 saturated carbocycles. The molecule has 2 aliphatic rings. The number of aliphatic hydroxyl groups is 1. The second kappa shape index (κ2) is 9.45. The van der Waals surface area contributed by atoms with Crippen LogP contribution in [0.1, 0.15) is 42.4 Å². The van der Waals surface area contributed by atoms with Gasteiger partial charge in [-0.15, -0.1) is 0 Å². The lowest BCUT2D eigenvalue weighted by Gasteiger charge is -2.58. The molecule has 2 heterocycles. The predicted molar refractivity (Wildman–Crippen MR) is 123 cm³/mol. The van der Waals surface area contributed by atoms with E-state index in [0.29, 0.717) is 5.56 Å². The van der Waals surface area contributed by atoms with E-state index in [-0.39, 0.29) is 49.4 Å². The smallest absolute Gasteiger partial charge is 0.238 e. The number of aliphatic hydroxyl groups excluding tert-OH is 1. The fraction of sp³-hybridized carbons (Fsp3) is 0.400. The highest BCUT2D eigenvalue weighted by atomic mass is 32.2. The molecule has 1 N–H and O–H groups in total. The number of carbonyl (C=O) groups is 1. The molecule has 2 fully saturated rings. The van der Waals surface area contributed by atoms with Crippen LogP contribution in [0, 0.1) is 11.8 Å². The van der Waals surface area contributed by atoms with Gasteiger partial charge in [0.15, 0.2) is 0 Å². The number of nitrogens with zero attached hydrogens (tertiary/aromatic N) is 2. The number of rotatable bonds is 6. The van der Waals surface area contributed by atoms with Crippen molar-refractivity contribution >= 4 is 15.9 Å². The zero-order valence-corrected chi connectivity index (χ0v) is 19.0. The van der Waals surface area contributed by atoms with Crippen LogP contribution in [-0.2, 0) is 20.6 Å². The molecular formula is C25H28N2O4S. The lowest BCUT2D eigenvalue weighted by atomic mass is 9.74. The Morgan fingerprint density at radius 1 is 1.09 bits per heavy atom. The number of amides is 1. The molecule has 0 unspecified atom stereocenters. The maximum Gasteiger partial charge on any atom is 0.238 e. The lowest BCUT2D eigenvalue weighted by molar-refractivity contribution is -0.158. The number of unbranched alkanes of at least 4 members (excludes halogenated alkanes) is 1. The van der Waals surface area contributed by atoms with E-state index < -0.39 is 10.0 Å². The molecule has 2 saturated heterocycles. The standard InChI is InChI=1S/C25H28N2O4S/c1-2-3-5-8-19-11-13-21(14-12-19)25-22-15-26(16-24(29)27(22)23(25)17-28)32(30,31)18-20-9-6-4-7-10-20/h4,6-7,9-14,22-23,25,28H,2-3,15-18H2,1H3/t22-,23+,25+/m0/s1. The van der Waals surface area contributed by atoms with E-state index in [0.717, 1.165) is 24.0 Å². The first-order valence-corrected chi connectivity index (χ1v) is 12.6. The van der Waals surface area contributed by atoms with Gasteiger partial charge in [0.25, 0.3) is 0 Å². The van der Waals surface area contributed by atoms with Crippen molar-refractivity contribution in [1.82, 2.24) is 9.21 Å². The summed E-state index contributed by atoms with van der Waals surface area (Å²) in [6.07, 6.45) is 1.87. The maximum absolute atomic E-state index is 13.0. The van der Waals surface area contributed by atoms with Gasteiger partial charge in [-0.05, 0) is 29.7 Å². The molecule has 0 spiro atoms. The summed E-state index contributed by atoms with van der Waals surface area (Å²) in [7, 11) is -3.64. The largest absolute Gasteiger partial charge is 0.394 e. The molecule has 7 heteroatoms.